The fourth-order valence-electron chi connectivity index (χ4n) is 2.44. The lowest BCUT2D eigenvalue weighted by Gasteiger charge is -2.11. The summed E-state index contributed by atoms with van der Waals surface area (Å²) in [6, 6.07) is 8.90. The van der Waals surface area contributed by atoms with Gasteiger partial charge in [-0.3, -0.25) is 4.79 Å². The van der Waals surface area contributed by atoms with Crippen LogP contribution in [-0.4, -0.2) is 31.9 Å². The predicted octanol–water partition coefficient (Wildman–Crippen LogP) is 4.68. The second-order valence-electron chi connectivity index (χ2n) is 6.17. The van der Waals surface area contributed by atoms with Gasteiger partial charge in [0.1, 0.15) is 0 Å². The van der Waals surface area contributed by atoms with Crippen molar-refractivity contribution in [2.24, 2.45) is 0 Å². The van der Waals surface area contributed by atoms with Gasteiger partial charge < -0.3 is 5.32 Å². The molecular formula is C18H15ClF3N5OS. The van der Waals surface area contributed by atoms with Crippen LogP contribution in [-0.2, 0) is 11.0 Å². The van der Waals surface area contributed by atoms with Crippen LogP contribution in [0.1, 0.15) is 16.7 Å². The molecule has 0 spiro atoms. The van der Waals surface area contributed by atoms with Crippen molar-refractivity contribution >= 4 is 35.0 Å². The smallest absolute Gasteiger partial charge is 0.325 e. The summed E-state index contributed by atoms with van der Waals surface area (Å²) >= 11 is 6.65. The number of aryl methyl sites for hydroxylation is 2. The number of benzene rings is 2. The number of hydrogen-bond donors (Lipinski definition) is 1. The Bertz CT molecular complexity index is 1050. The van der Waals surface area contributed by atoms with Gasteiger partial charge in [0.25, 0.3) is 0 Å². The van der Waals surface area contributed by atoms with E-state index in [0.717, 1.165) is 40.7 Å². The Hall–Kier alpha value is -2.59. The Morgan fingerprint density at radius 3 is 2.62 bits per heavy atom. The normalized spacial score (nSPS) is 11.5. The first-order chi connectivity index (χ1) is 13.6. The van der Waals surface area contributed by atoms with Crippen LogP contribution < -0.4 is 5.32 Å². The second kappa shape index (κ2) is 8.42. The maximum atomic E-state index is 12.9. The fraction of sp³-hybridized carbons (Fsp3) is 0.222. The lowest BCUT2D eigenvalue weighted by Crippen LogP contribution is -2.15. The third kappa shape index (κ3) is 5.07. The maximum Gasteiger partial charge on any atom is 0.417 e. The molecule has 0 unspecified atom stereocenters. The van der Waals surface area contributed by atoms with E-state index in [2.05, 4.69) is 20.8 Å². The van der Waals surface area contributed by atoms with Gasteiger partial charge in [-0.1, -0.05) is 29.4 Å². The van der Waals surface area contributed by atoms with E-state index >= 15 is 0 Å². The molecule has 3 aromatic rings. The summed E-state index contributed by atoms with van der Waals surface area (Å²) in [5, 5.41) is 13.8. The molecule has 0 fully saturated rings. The molecule has 1 amide bonds. The van der Waals surface area contributed by atoms with Gasteiger partial charge in [0, 0.05) is 5.69 Å². The second-order valence-corrected chi connectivity index (χ2v) is 7.52. The number of nitrogens with one attached hydrogen (secondary N) is 1. The molecule has 0 aliphatic rings. The monoisotopic (exact) mass is 441 g/mol. The molecule has 1 aromatic heterocycles. The highest BCUT2D eigenvalue weighted by Crippen LogP contribution is 2.36. The van der Waals surface area contributed by atoms with Crippen molar-refractivity contribution in [3.63, 3.8) is 0 Å². The Labute approximate surface area is 173 Å². The van der Waals surface area contributed by atoms with E-state index in [4.69, 9.17) is 11.6 Å². The van der Waals surface area contributed by atoms with Gasteiger partial charge in [-0.05, 0) is 65.7 Å². The molecular weight excluding hydrogens is 427 g/mol. The summed E-state index contributed by atoms with van der Waals surface area (Å²) in [5.41, 5.74) is 1.92. The van der Waals surface area contributed by atoms with Gasteiger partial charge in [-0.25, -0.2) is 0 Å². The molecule has 1 N–H and O–H groups in total. The largest absolute Gasteiger partial charge is 0.417 e. The van der Waals surface area contributed by atoms with Crippen molar-refractivity contribution < 1.29 is 18.0 Å². The zero-order valence-corrected chi connectivity index (χ0v) is 16.9. The zero-order valence-electron chi connectivity index (χ0n) is 15.3. The van der Waals surface area contributed by atoms with Gasteiger partial charge in [0.15, 0.2) is 0 Å². The van der Waals surface area contributed by atoms with E-state index in [9.17, 15) is 18.0 Å². The molecule has 29 heavy (non-hydrogen) atoms. The highest BCUT2D eigenvalue weighted by atomic mass is 35.5. The number of thioether (sulfide) groups is 1. The van der Waals surface area contributed by atoms with E-state index in [1.54, 1.807) is 0 Å². The number of alkyl halides is 3. The van der Waals surface area contributed by atoms with Gasteiger partial charge in [0.2, 0.25) is 11.1 Å². The van der Waals surface area contributed by atoms with Crippen molar-refractivity contribution in [3.05, 3.63) is 58.1 Å². The minimum absolute atomic E-state index is 0.000996. The summed E-state index contributed by atoms with van der Waals surface area (Å²) in [4.78, 5) is 12.2. The van der Waals surface area contributed by atoms with Crippen LogP contribution in [0.2, 0.25) is 5.02 Å². The third-order valence-electron chi connectivity index (χ3n) is 4.06. The van der Waals surface area contributed by atoms with Crippen LogP contribution in [0.4, 0.5) is 18.9 Å². The first-order valence-electron chi connectivity index (χ1n) is 8.30. The van der Waals surface area contributed by atoms with Crippen LogP contribution >= 0.6 is 23.4 Å². The van der Waals surface area contributed by atoms with Gasteiger partial charge in [-0.2, -0.15) is 17.9 Å². The highest BCUT2D eigenvalue weighted by molar-refractivity contribution is 7.99. The van der Waals surface area contributed by atoms with E-state index in [-0.39, 0.29) is 11.4 Å². The van der Waals surface area contributed by atoms with E-state index < -0.39 is 22.7 Å². The summed E-state index contributed by atoms with van der Waals surface area (Å²) < 4.78 is 40.3. The number of halogens is 4. The van der Waals surface area contributed by atoms with Crippen molar-refractivity contribution in [1.29, 1.82) is 0 Å². The Morgan fingerprint density at radius 1 is 1.17 bits per heavy atom. The number of carbonyl (C=O) groups is 1. The number of carbonyl (C=O) groups excluding carboxylic acids is 1. The Balaban J connectivity index is 1.68. The lowest BCUT2D eigenvalue weighted by atomic mass is 10.1. The van der Waals surface area contributed by atoms with Crippen molar-refractivity contribution in [1.82, 2.24) is 20.2 Å². The van der Waals surface area contributed by atoms with Crippen LogP contribution in [0, 0.1) is 13.8 Å². The summed E-state index contributed by atoms with van der Waals surface area (Å²) in [5.74, 6) is -0.588. The summed E-state index contributed by atoms with van der Waals surface area (Å²) in [6.07, 6.45) is -4.61. The maximum absolute atomic E-state index is 12.9. The fourth-order valence-corrected chi connectivity index (χ4v) is 3.35. The first-order valence-corrected chi connectivity index (χ1v) is 9.67. The molecule has 0 saturated carbocycles. The van der Waals surface area contributed by atoms with Gasteiger partial charge >= 0.3 is 6.18 Å². The SMILES string of the molecule is Cc1ccc(-n2nnnc2SCC(=O)Nc2ccc(Cl)c(C(F)(F)F)c2)cc1C. The van der Waals surface area contributed by atoms with Gasteiger partial charge in [0.05, 0.1) is 22.0 Å². The van der Waals surface area contributed by atoms with Crippen molar-refractivity contribution in [2.45, 2.75) is 25.2 Å². The third-order valence-corrected chi connectivity index (χ3v) is 5.31. The molecule has 1 heterocycles. The minimum Gasteiger partial charge on any atom is -0.325 e. The van der Waals surface area contributed by atoms with Crippen molar-refractivity contribution in [2.75, 3.05) is 11.1 Å². The highest BCUT2D eigenvalue weighted by Gasteiger charge is 2.33. The number of rotatable bonds is 5. The molecule has 0 atom stereocenters. The van der Waals surface area contributed by atoms with Crippen LogP contribution in [0.3, 0.4) is 0 Å². The van der Waals surface area contributed by atoms with Crippen LogP contribution in [0.5, 0.6) is 0 Å². The standard InChI is InChI=1S/C18H15ClF3N5OS/c1-10-3-5-13(7-11(10)2)27-17(24-25-26-27)29-9-16(28)23-12-4-6-15(19)14(8-12)18(20,21)22/h3-8H,9H2,1-2H3,(H,23,28). The molecule has 0 bridgehead atoms. The number of anilines is 1. The van der Waals surface area contributed by atoms with Gasteiger partial charge in [-0.15, -0.1) is 5.10 Å². The predicted molar refractivity (Wildman–Crippen MR) is 104 cm³/mol. The summed E-state index contributed by atoms with van der Waals surface area (Å²) in [6.45, 7) is 3.95. The number of nitrogens with zero attached hydrogens (tertiary/aromatic N) is 4. The average Bonchev–Trinajstić information content (AvgIpc) is 3.11. The van der Waals surface area contributed by atoms with Crippen molar-refractivity contribution in [3.8, 4) is 5.69 Å². The average molecular weight is 442 g/mol. The molecule has 0 radical (unpaired) electrons. The number of amides is 1. The Morgan fingerprint density at radius 2 is 1.93 bits per heavy atom. The minimum atomic E-state index is -4.61. The van der Waals surface area contributed by atoms with E-state index in [1.807, 2.05) is 32.0 Å². The van der Waals surface area contributed by atoms with E-state index in [1.165, 1.54) is 10.7 Å². The molecule has 0 aliphatic carbocycles. The zero-order chi connectivity index (χ0) is 21.2. The molecule has 3 rings (SSSR count). The molecule has 152 valence electrons. The number of hydrogen-bond acceptors (Lipinski definition) is 5. The molecule has 11 heteroatoms. The quantitative estimate of drug-likeness (QED) is 0.582. The topological polar surface area (TPSA) is 72.7 Å². The van der Waals surface area contributed by atoms with Crippen LogP contribution in [0.25, 0.3) is 5.69 Å². The number of aromatic nitrogens is 4. The Kier molecular flexibility index (Phi) is 6.13. The number of tetrazole rings is 1. The summed E-state index contributed by atoms with van der Waals surface area (Å²) in [7, 11) is 0. The van der Waals surface area contributed by atoms with E-state index in [0.29, 0.717) is 5.16 Å². The molecule has 0 aliphatic heterocycles. The van der Waals surface area contributed by atoms with Crippen LogP contribution in [0.15, 0.2) is 41.6 Å². The molecule has 2 aromatic carbocycles. The lowest BCUT2D eigenvalue weighted by molar-refractivity contribution is -0.137. The molecule has 6 nitrogen and oxygen atoms in total. The first kappa shape index (κ1) is 21.1. The molecule has 0 saturated heterocycles.